The second-order valence-corrected chi connectivity index (χ2v) is 6.12. The van der Waals surface area contributed by atoms with Gasteiger partial charge in [-0.25, -0.2) is 8.42 Å². The van der Waals surface area contributed by atoms with E-state index < -0.39 is 10.0 Å². The summed E-state index contributed by atoms with van der Waals surface area (Å²) in [6.45, 7) is 1.66. The lowest BCUT2D eigenvalue weighted by Gasteiger charge is -2.26. The molecule has 3 N–H and O–H groups in total. The highest BCUT2D eigenvalue weighted by atomic mass is 32.2. The van der Waals surface area contributed by atoms with Gasteiger partial charge in [-0.05, 0) is 19.8 Å². The van der Waals surface area contributed by atoms with Crippen LogP contribution in [-0.4, -0.2) is 36.9 Å². The van der Waals surface area contributed by atoms with Crippen molar-refractivity contribution in [3.8, 4) is 0 Å². The average Bonchev–Trinajstić information content (AvgIpc) is 2.66. The second kappa shape index (κ2) is 4.94. The van der Waals surface area contributed by atoms with Gasteiger partial charge in [0.2, 0.25) is 10.0 Å². The molecule has 5 nitrogen and oxygen atoms in total. The summed E-state index contributed by atoms with van der Waals surface area (Å²) in [5.74, 6) is -0.00419. The molecule has 1 rings (SSSR count). The van der Waals surface area contributed by atoms with Gasteiger partial charge in [-0.2, -0.15) is 4.31 Å². The van der Waals surface area contributed by atoms with Crippen LogP contribution in [0.3, 0.4) is 0 Å². The Kier molecular flexibility index (Phi) is 4.10. The lowest BCUT2D eigenvalue weighted by Crippen LogP contribution is -2.44. The molecule has 0 atom stereocenters. The molecule has 0 unspecified atom stereocenters. The van der Waals surface area contributed by atoms with E-state index in [-0.39, 0.29) is 24.2 Å². The SMILES string of the molecule is CCS(=O)(=O)N(CC(=N)N)C1CCCC1. The molecule has 0 aromatic carbocycles. The maximum atomic E-state index is 11.8. The van der Waals surface area contributed by atoms with E-state index in [4.69, 9.17) is 11.1 Å². The van der Waals surface area contributed by atoms with Crippen LogP contribution in [0.25, 0.3) is 0 Å². The van der Waals surface area contributed by atoms with Crippen LogP contribution >= 0.6 is 0 Å². The third-order valence-corrected chi connectivity index (χ3v) is 4.65. The molecular weight excluding hydrogens is 214 g/mol. The average molecular weight is 233 g/mol. The van der Waals surface area contributed by atoms with E-state index in [9.17, 15) is 8.42 Å². The number of sulfonamides is 1. The fraction of sp³-hybridized carbons (Fsp3) is 0.889. The van der Waals surface area contributed by atoms with Crippen molar-refractivity contribution < 1.29 is 8.42 Å². The summed E-state index contributed by atoms with van der Waals surface area (Å²) in [5.41, 5.74) is 5.29. The molecule has 0 bridgehead atoms. The summed E-state index contributed by atoms with van der Waals surface area (Å²) in [7, 11) is -3.23. The molecule has 0 aromatic rings. The highest BCUT2D eigenvalue weighted by Gasteiger charge is 2.31. The molecule has 88 valence electrons. The van der Waals surface area contributed by atoms with E-state index in [1.807, 2.05) is 0 Å². The van der Waals surface area contributed by atoms with Crippen LogP contribution in [0.1, 0.15) is 32.6 Å². The van der Waals surface area contributed by atoms with Crippen LogP contribution in [0.4, 0.5) is 0 Å². The van der Waals surface area contributed by atoms with Gasteiger partial charge in [0, 0.05) is 6.04 Å². The van der Waals surface area contributed by atoms with Gasteiger partial charge in [0.15, 0.2) is 0 Å². The molecule has 1 fully saturated rings. The van der Waals surface area contributed by atoms with Crippen LogP contribution < -0.4 is 5.73 Å². The Morgan fingerprint density at radius 1 is 1.47 bits per heavy atom. The maximum absolute atomic E-state index is 11.8. The van der Waals surface area contributed by atoms with Gasteiger partial charge in [-0.1, -0.05) is 12.8 Å². The number of hydrogen-bond donors (Lipinski definition) is 2. The molecular formula is C9H19N3O2S. The number of nitrogens with two attached hydrogens (primary N) is 1. The van der Waals surface area contributed by atoms with E-state index >= 15 is 0 Å². The van der Waals surface area contributed by atoms with E-state index in [2.05, 4.69) is 0 Å². The van der Waals surface area contributed by atoms with Crippen LogP contribution in [0, 0.1) is 5.41 Å². The number of rotatable bonds is 5. The molecule has 0 aromatic heterocycles. The Bertz CT molecular complexity index is 320. The van der Waals surface area contributed by atoms with Crippen molar-refractivity contribution in [2.45, 2.75) is 38.6 Å². The predicted molar refractivity (Wildman–Crippen MR) is 60.3 cm³/mol. The molecule has 6 heteroatoms. The maximum Gasteiger partial charge on any atom is 0.214 e. The summed E-state index contributed by atoms with van der Waals surface area (Å²) in [5, 5.41) is 7.22. The Hall–Kier alpha value is -0.620. The molecule has 0 heterocycles. The molecule has 0 radical (unpaired) electrons. The molecule has 1 saturated carbocycles. The standard InChI is InChI=1S/C9H19N3O2S/c1-2-15(13,14)12(7-9(10)11)8-5-3-4-6-8/h8H,2-7H2,1H3,(H3,10,11). The lowest BCUT2D eigenvalue weighted by atomic mass is 10.2. The van der Waals surface area contributed by atoms with Crippen LogP contribution in [0.5, 0.6) is 0 Å². The van der Waals surface area contributed by atoms with Crippen molar-refractivity contribution in [2.24, 2.45) is 5.73 Å². The quantitative estimate of drug-likeness (QED) is 0.536. The minimum atomic E-state index is -3.23. The highest BCUT2D eigenvalue weighted by molar-refractivity contribution is 7.89. The van der Waals surface area contributed by atoms with E-state index in [1.165, 1.54) is 4.31 Å². The van der Waals surface area contributed by atoms with Gasteiger partial charge in [0.1, 0.15) is 5.84 Å². The second-order valence-electron chi connectivity index (χ2n) is 3.91. The van der Waals surface area contributed by atoms with Gasteiger partial charge >= 0.3 is 0 Å². The third-order valence-electron chi connectivity index (χ3n) is 2.78. The zero-order chi connectivity index (χ0) is 11.5. The van der Waals surface area contributed by atoms with Crippen LogP contribution in [-0.2, 0) is 10.0 Å². The number of nitrogens with zero attached hydrogens (tertiary/aromatic N) is 1. The summed E-state index contributed by atoms with van der Waals surface area (Å²) in [4.78, 5) is 0. The largest absolute Gasteiger partial charge is 0.387 e. The topological polar surface area (TPSA) is 87.2 Å². The fourth-order valence-corrected chi connectivity index (χ4v) is 3.31. The Labute approximate surface area is 91.2 Å². The number of nitrogens with one attached hydrogen (secondary N) is 1. The van der Waals surface area contributed by atoms with Crippen molar-refractivity contribution in [2.75, 3.05) is 12.3 Å². The first-order chi connectivity index (χ1) is 6.97. The number of hydrogen-bond acceptors (Lipinski definition) is 3. The van der Waals surface area contributed by atoms with Gasteiger partial charge < -0.3 is 5.73 Å². The van der Waals surface area contributed by atoms with Crippen molar-refractivity contribution in [3.05, 3.63) is 0 Å². The predicted octanol–water partition coefficient (Wildman–Crippen LogP) is 0.517. The lowest BCUT2D eigenvalue weighted by molar-refractivity contribution is 0.354. The normalized spacial score (nSPS) is 18.5. The molecule has 15 heavy (non-hydrogen) atoms. The molecule has 0 spiro atoms. The highest BCUT2D eigenvalue weighted by Crippen LogP contribution is 2.25. The first-order valence-corrected chi connectivity index (χ1v) is 6.90. The Morgan fingerprint density at radius 3 is 2.40 bits per heavy atom. The van der Waals surface area contributed by atoms with Gasteiger partial charge in [0.05, 0.1) is 12.3 Å². The van der Waals surface area contributed by atoms with Crippen molar-refractivity contribution in [1.29, 1.82) is 5.41 Å². The van der Waals surface area contributed by atoms with Crippen LogP contribution in [0.15, 0.2) is 0 Å². The Balaban J connectivity index is 2.81. The van der Waals surface area contributed by atoms with Gasteiger partial charge in [-0.15, -0.1) is 0 Å². The monoisotopic (exact) mass is 233 g/mol. The minimum absolute atomic E-state index is 0.0425. The summed E-state index contributed by atoms with van der Waals surface area (Å²) in [6, 6.07) is 0.0545. The first-order valence-electron chi connectivity index (χ1n) is 5.29. The van der Waals surface area contributed by atoms with Crippen molar-refractivity contribution in [1.82, 2.24) is 4.31 Å². The summed E-state index contributed by atoms with van der Waals surface area (Å²) < 4.78 is 25.0. The van der Waals surface area contributed by atoms with E-state index in [0.29, 0.717) is 0 Å². The zero-order valence-electron chi connectivity index (χ0n) is 9.07. The first kappa shape index (κ1) is 12.4. The smallest absolute Gasteiger partial charge is 0.214 e. The molecule has 0 amide bonds. The minimum Gasteiger partial charge on any atom is -0.387 e. The molecule has 0 saturated heterocycles. The summed E-state index contributed by atoms with van der Waals surface area (Å²) in [6.07, 6.45) is 3.93. The van der Waals surface area contributed by atoms with Crippen LogP contribution in [0.2, 0.25) is 0 Å². The zero-order valence-corrected chi connectivity index (χ0v) is 9.89. The number of amidine groups is 1. The fourth-order valence-electron chi connectivity index (χ4n) is 1.98. The Morgan fingerprint density at radius 2 is 2.00 bits per heavy atom. The van der Waals surface area contributed by atoms with E-state index in [1.54, 1.807) is 6.92 Å². The van der Waals surface area contributed by atoms with Crippen molar-refractivity contribution >= 4 is 15.9 Å². The van der Waals surface area contributed by atoms with Gasteiger partial charge in [0.25, 0.3) is 0 Å². The van der Waals surface area contributed by atoms with Crippen molar-refractivity contribution in [3.63, 3.8) is 0 Å². The summed E-state index contributed by atoms with van der Waals surface area (Å²) >= 11 is 0. The molecule has 0 aliphatic heterocycles. The third kappa shape index (κ3) is 3.17. The van der Waals surface area contributed by atoms with Gasteiger partial charge in [-0.3, -0.25) is 5.41 Å². The molecule has 1 aliphatic carbocycles. The molecule has 1 aliphatic rings. The van der Waals surface area contributed by atoms with E-state index in [0.717, 1.165) is 25.7 Å².